The Balaban J connectivity index is 1.94. The van der Waals surface area contributed by atoms with Crippen LogP contribution in [0.5, 0.6) is 0 Å². The molecule has 0 aromatic carbocycles. The molecule has 2 rings (SSSR count). The van der Waals surface area contributed by atoms with Gasteiger partial charge in [0.15, 0.2) is 0 Å². The molecule has 1 aliphatic carbocycles. The fourth-order valence-electron chi connectivity index (χ4n) is 2.61. The van der Waals surface area contributed by atoms with Gasteiger partial charge in [-0.25, -0.2) is 4.98 Å². The first-order valence-electron chi connectivity index (χ1n) is 6.15. The predicted octanol–water partition coefficient (Wildman–Crippen LogP) is 0.743. The summed E-state index contributed by atoms with van der Waals surface area (Å²) in [4.78, 5) is 21.2. The molecule has 0 radical (unpaired) electrons. The van der Waals surface area contributed by atoms with Crippen molar-refractivity contribution in [2.75, 3.05) is 13.6 Å². The van der Waals surface area contributed by atoms with E-state index < -0.39 is 0 Å². The summed E-state index contributed by atoms with van der Waals surface area (Å²) in [5.41, 5.74) is 5.71. The first-order chi connectivity index (χ1) is 8.22. The highest BCUT2D eigenvalue weighted by Gasteiger charge is 2.33. The highest BCUT2D eigenvalue weighted by Crippen LogP contribution is 2.32. The van der Waals surface area contributed by atoms with Crippen molar-refractivity contribution >= 4 is 5.91 Å². The second kappa shape index (κ2) is 5.31. The van der Waals surface area contributed by atoms with Crippen LogP contribution < -0.4 is 5.73 Å². The molecule has 1 aromatic heterocycles. The van der Waals surface area contributed by atoms with Crippen molar-refractivity contribution < 1.29 is 4.79 Å². The van der Waals surface area contributed by atoms with Crippen LogP contribution in [0.2, 0.25) is 0 Å². The van der Waals surface area contributed by atoms with Gasteiger partial charge in [-0.3, -0.25) is 4.79 Å². The van der Waals surface area contributed by atoms with Crippen LogP contribution in [0.3, 0.4) is 0 Å². The van der Waals surface area contributed by atoms with Crippen molar-refractivity contribution in [1.29, 1.82) is 0 Å². The molecule has 0 saturated heterocycles. The number of rotatable bonds is 4. The van der Waals surface area contributed by atoms with Gasteiger partial charge in [0.2, 0.25) is 5.91 Å². The Hall–Kier alpha value is -1.36. The monoisotopic (exact) mass is 236 g/mol. The van der Waals surface area contributed by atoms with E-state index in [0.29, 0.717) is 19.0 Å². The number of aromatic amines is 1. The number of carbonyl (C=O) groups is 1. The van der Waals surface area contributed by atoms with E-state index in [1.54, 1.807) is 17.3 Å². The molecule has 3 N–H and O–H groups in total. The summed E-state index contributed by atoms with van der Waals surface area (Å²) in [5, 5.41) is 0. The summed E-state index contributed by atoms with van der Waals surface area (Å²) in [6.07, 6.45) is 6.65. The summed E-state index contributed by atoms with van der Waals surface area (Å²) >= 11 is 0. The number of amides is 1. The summed E-state index contributed by atoms with van der Waals surface area (Å²) in [6.45, 7) is 1.16. The van der Waals surface area contributed by atoms with Crippen LogP contribution in [0.4, 0.5) is 0 Å². The van der Waals surface area contributed by atoms with Crippen molar-refractivity contribution in [2.24, 2.45) is 17.6 Å². The molecule has 2 unspecified atom stereocenters. The molecule has 5 heteroatoms. The van der Waals surface area contributed by atoms with Gasteiger partial charge in [0, 0.05) is 25.4 Å². The number of hydrogen-bond donors (Lipinski definition) is 2. The molecule has 1 aromatic rings. The second-order valence-corrected chi connectivity index (χ2v) is 4.76. The predicted molar refractivity (Wildman–Crippen MR) is 64.9 cm³/mol. The molecule has 1 fully saturated rings. The van der Waals surface area contributed by atoms with Crippen LogP contribution in [0.15, 0.2) is 12.4 Å². The topological polar surface area (TPSA) is 75.0 Å². The zero-order chi connectivity index (χ0) is 12.3. The van der Waals surface area contributed by atoms with Crippen LogP contribution in [0.1, 0.15) is 25.1 Å². The van der Waals surface area contributed by atoms with Gasteiger partial charge in [-0.2, -0.15) is 0 Å². The van der Waals surface area contributed by atoms with Crippen LogP contribution in [-0.2, 0) is 11.3 Å². The summed E-state index contributed by atoms with van der Waals surface area (Å²) in [5.74, 6) is 1.50. The van der Waals surface area contributed by atoms with E-state index in [0.717, 1.165) is 25.1 Å². The number of nitrogens with one attached hydrogen (secondary N) is 1. The fraction of sp³-hybridized carbons (Fsp3) is 0.667. The Morgan fingerprint density at radius 2 is 2.47 bits per heavy atom. The first-order valence-corrected chi connectivity index (χ1v) is 6.15. The first kappa shape index (κ1) is 12.1. The Kier molecular flexibility index (Phi) is 3.78. The third-order valence-corrected chi connectivity index (χ3v) is 3.60. The van der Waals surface area contributed by atoms with E-state index in [2.05, 4.69) is 9.97 Å². The number of imidazole rings is 1. The van der Waals surface area contributed by atoms with Gasteiger partial charge < -0.3 is 15.6 Å². The van der Waals surface area contributed by atoms with Gasteiger partial charge in [-0.05, 0) is 25.3 Å². The van der Waals surface area contributed by atoms with Crippen LogP contribution in [-0.4, -0.2) is 34.4 Å². The van der Waals surface area contributed by atoms with Gasteiger partial charge >= 0.3 is 0 Å². The van der Waals surface area contributed by atoms with E-state index in [1.807, 2.05) is 7.05 Å². The largest absolute Gasteiger partial charge is 0.347 e. The van der Waals surface area contributed by atoms with Crippen molar-refractivity contribution in [3.8, 4) is 0 Å². The van der Waals surface area contributed by atoms with Gasteiger partial charge in [-0.15, -0.1) is 0 Å². The molecule has 1 aliphatic rings. The lowest BCUT2D eigenvalue weighted by Crippen LogP contribution is -2.36. The zero-order valence-electron chi connectivity index (χ0n) is 10.2. The van der Waals surface area contributed by atoms with Crippen molar-refractivity contribution in [3.63, 3.8) is 0 Å². The number of nitrogens with two attached hydrogens (primary N) is 1. The number of carbonyl (C=O) groups excluding carboxylic acids is 1. The van der Waals surface area contributed by atoms with E-state index in [-0.39, 0.29) is 11.8 Å². The smallest absolute Gasteiger partial charge is 0.226 e. The molecule has 0 bridgehead atoms. The average molecular weight is 236 g/mol. The number of H-pyrrole nitrogens is 1. The van der Waals surface area contributed by atoms with E-state index in [9.17, 15) is 4.79 Å². The maximum absolute atomic E-state index is 12.3. The van der Waals surface area contributed by atoms with Gasteiger partial charge in [0.1, 0.15) is 5.82 Å². The van der Waals surface area contributed by atoms with Crippen LogP contribution in [0, 0.1) is 11.8 Å². The molecule has 1 amide bonds. The summed E-state index contributed by atoms with van der Waals surface area (Å²) in [7, 11) is 1.83. The van der Waals surface area contributed by atoms with Gasteiger partial charge in [0.05, 0.1) is 6.54 Å². The zero-order valence-corrected chi connectivity index (χ0v) is 10.2. The Bertz CT molecular complexity index is 363. The normalized spacial score (nSPS) is 23.9. The highest BCUT2D eigenvalue weighted by molar-refractivity contribution is 5.79. The standard InChI is InChI=1S/C12H20N4O/c1-16(8-11-14-5-6-15-11)12(17)10-4-2-3-9(10)7-13/h5-6,9-10H,2-4,7-8,13H2,1H3,(H,14,15). The molecule has 5 nitrogen and oxygen atoms in total. The fourth-order valence-corrected chi connectivity index (χ4v) is 2.61. The molecule has 0 spiro atoms. The molecule has 1 heterocycles. The molecular formula is C12H20N4O. The Morgan fingerprint density at radius 3 is 3.12 bits per heavy atom. The summed E-state index contributed by atoms with van der Waals surface area (Å²) < 4.78 is 0. The van der Waals surface area contributed by atoms with E-state index in [1.165, 1.54) is 0 Å². The third-order valence-electron chi connectivity index (χ3n) is 3.60. The minimum Gasteiger partial charge on any atom is -0.347 e. The lowest BCUT2D eigenvalue weighted by molar-refractivity contribution is -0.135. The van der Waals surface area contributed by atoms with E-state index in [4.69, 9.17) is 5.73 Å². The van der Waals surface area contributed by atoms with E-state index >= 15 is 0 Å². The molecule has 1 saturated carbocycles. The number of nitrogens with zero attached hydrogens (tertiary/aromatic N) is 2. The average Bonchev–Trinajstić information content (AvgIpc) is 2.97. The molecule has 17 heavy (non-hydrogen) atoms. The maximum Gasteiger partial charge on any atom is 0.226 e. The van der Waals surface area contributed by atoms with Gasteiger partial charge in [0.25, 0.3) is 0 Å². The molecule has 94 valence electrons. The minimum atomic E-state index is 0.111. The van der Waals surface area contributed by atoms with Crippen molar-refractivity contribution in [2.45, 2.75) is 25.8 Å². The van der Waals surface area contributed by atoms with Crippen molar-refractivity contribution in [3.05, 3.63) is 18.2 Å². The third kappa shape index (κ3) is 2.66. The number of hydrogen-bond acceptors (Lipinski definition) is 3. The Labute approximate surface area is 101 Å². The Morgan fingerprint density at radius 1 is 1.65 bits per heavy atom. The quantitative estimate of drug-likeness (QED) is 0.809. The minimum absolute atomic E-state index is 0.111. The molecular weight excluding hydrogens is 216 g/mol. The molecule has 0 aliphatic heterocycles. The van der Waals surface area contributed by atoms with Crippen LogP contribution >= 0.6 is 0 Å². The summed E-state index contributed by atoms with van der Waals surface area (Å²) in [6, 6.07) is 0. The highest BCUT2D eigenvalue weighted by atomic mass is 16.2. The van der Waals surface area contributed by atoms with Crippen molar-refractivity contribution in [1.82, 2.24) is 14.9 Å². The lowest BCUT2D eigenvalue weighted by Gasteiger charge is -2.23. The molecule has 2 atom stereocenters. The lowest BCUT2D eigenvalue weighted by atomic mass is 9.95. The van der Waals surface area contributed by atoms with Crippen LogP contribution in [0.25, 0.3) is 0 Å². The SMILES string of the molecule is CN(Cc1ncc[nH]1)C(=O)C1CCCC1CN. The number of aromatic nitrogens is 2. The maximum atomic E-state index is 12.3. The van der Waals surface area contributed by atoms with Gasteiger partial charge in [-0.1, -0.05) is 6.42 Å². The second-order valence-electron chi connectivity index (χ2n) is 4.76.